The van der Waals surface area contributed by atoms with Crippen LogP contribution in [0.2, 0.25) is 10.0 Å². The fourth-order valence-electron chi connectivity index (χ4n) is 2.01. The summed E-state index contributed by atoms with van der Waals surface area (Å²) in [5, 5.41) is 8.10. The zero-order valence-corrected chi connectivity index (χ0v) is 13.7. The van der Waals surface area contributed by atoms with Crippen molar-refractivity contribution in [1.29, 1.82) is 0 Å². The molecule has 0 saturated heterocycles. The summed E-state index contributed by atoms with van der Waals surface area (Å²) in [6, 6.07) is 5.01. The van der Waals surface area contributed by atoms with Crippen molar-refractivity contribution in [3.8, 4) is 0 Å². The molecule has 0 radical (unpaired) electrons. The quantitative estimate of drug-likeness (QED) is 0.918. The zero-order chi connectivity index (χ0) is 15.6. The summed E-state index contributed by atoms with van der Waals surface area (Å²) in [6.07, 6.45) is 0.349. The summed E-state index contributed by atoms with van der Waals surface area (Å²) in [7, 11) is 0. The number of nitrogens with zero attached hydrogens (tertiary/aromatic N) is 2. The second-order valence-electron chi connectivity index (χ2n) is 4.95. The lowest BCUT2D eigenvalue weighted by molar-refractivity contribution is -0.116. The zero-order valence-electron chi connectivity index (χ0n) is 12.2. The summed E-state index contributed by atoms with van der Waals surface area (Å²) in [5.41, 5.74) is 3.89. The van der Waals surface area contributed by atoms with E-state index in [1.807, 2.05) is 25.5 Å². The van der Waals surface area contributed by atoms with Gasteiger partial charge in [0.05, 0.1) is 15.7 Å². The maximum absolute atomic E-state index is 12.0. The standard InChI is InChI=1S/C15H17Cl2N3O/c1-9-10(2)19-20(11(9)3)7-6-15(21)18-12-4-5-13(16)14(17)8-12/h4-5,8H,6-7H2,1-3H3,(H,18,21). The molecule has 6 heteroatoms. The lowest BCUT2D eigenvalue weighted by atomic mass is 10.2. The third-order valence-electron chi connectivity index (χ3n) is 3.50. The molecule has 2 rings (SSSR count). The van der Waals surface area contributed by atoms with Gasteiger partial charge in [-0.3, -0.25) is 9.48 Å². The van der Waals surface area contributed by atoms with Gasteiger partial charge in [0.25, 0.3) is 0 Å². The lowest BCUT2D eigenvalue weighted by Gasteiger charge is -2.07. The van der Waals surface area contributed by atoms with Crippen LogP contribution in [-0.4, -0.2) is 15.7 Å². The van der Waals surface area contributed by atoms with Crippen LogP contribution >= 0.6 is 23.2 Å². The van der Waals surface area contributed by atoms with Gasteiger partial charge in [-0.05, 0) is 44.5 Å². The minimum atomic E-state index is -0.0846. The van der Waals surface area contributed by atoms with E-state index < -0.39 is 0 Å². The fourth-order valence-corrected chi connectivity index (χ4v) is 2.31. The molecule has 0 unspecified atom stereocenters. The van der Waals surface area contributed by atoms with Crippen LogP contribution < -0.4 is 5.32 Å². The Labute approximate surface area is 134 Å². The van der Waals surface area contributed by atoms with Gasteiger partial charge in [0, 0.05) is 24.3 Å². The first-order valence-corrected chi connectivity index (χ1v) is 7.39. The number of carbonyl (C=O) groups excluding carboxylic acids is 1. The van der Waals surface area contributed by atoms with Crippen molar-refractivity contribution in [2.24, 2.45) is 0 Å². The molecule has 1 aromatic heterocycles. The highest BCUT2D eigenvalue weighted by Gasteiger charge is 2.09. The Bertz CT molecular complexity index is 680. The number of amides is 1. The highest BCUT2D eigenvalue weighted by atomic mass is 35.5. The molecule has 0 aliphatic carbocycles. The van der Waals surface area contributed by atoms with E-state index in [0.717, 1.165) is 11.4 Å². The topological polar surface area (TPSA) is 46.9 Å². The van der Waals surface area contributed by atoms with Crippen molar-refractivity contribution in [1.82, 2.24) is 9.78 Å². The van der Waals surface area contributed by atoms with Gasteiger partial charge in [0.1, 0.15) is 0 Å². The minimum absolute atomic E-state index is 0.0846. The van der Waals surface area contributed by atoms with E-state index in [1.54, 1.807) is 18.2 Å². The Hall–Kier alpha value is -1.52. The van der Waals surface area contributed by atoms with Gasteiger partial charge in [0.15, 0.2) is 0 Å². The van der Waals surface area contributed by atoms with Crippen LogP contribution in [-0.2, 0) is 11.3 Å². The summed E-state index contributed by atoms with van der Waals surface area (Å²) < 4.78 is 1.86. The Morgan fingerprint density at radius 2 is 1.95 bits per heavy atom. The van der Waals surface area contributed by atoms with Crippen LogP contribution in [0.5, 0.6) is 0 Å². The van der Waals surface area contributed by atoms with E-state index in [2.05, 4.69) is 10.4 Å². The molecule has 2 aromatic rings. The second kappa shape index (κ2) is 6.50. The van der Waals surface area contributed by atoms with Crippen LogP contribution in [0.1, 0.15) is 23.4 Å². The number of hydrogen-bond acceptors (Lipinski definition) is 2. The van der Waals surface area contributed by atoms with Crippen LogP contribution in [0.15, 0.2) is 18.2 Å². The highest BCUT2D eigenvalue weighted by molar-refractivity contribution is 6.42. The van der Waals surface area contributed by atoms with Crippen molar-refractivity contribution in [2.75, 3.05) is 5.32 Å². The van der Waals surface area contributed by atoms with E-state index in [4.69, 9.17) is 23.2 Å². The molecule has 0 aliphatic rings. The van der Waals surface area contributed by atoms with Gasteiger partial charge in [-0.15, -0.1) is 0 Å². The monoisotopic (exact) mass is 325 g/mol. The van der Waals surface area contributed by atoms with Gasteiger partial charge >= 0.3 is 0 Å². The Morgan fingerprint density at radius 1 is 1.24 bits per heavy atom. The lowest BCUT2D eigenvalue weighted by Crippen LogP contribution is -2.15. The predicted molar refractivity (Wildman–Crippen MR) is 86.1 cm³/mol. The molecular formula is C15H17Cl2N3O. The molecular weight excluding hydrogens is 309 g/mol. The number of hydrogen-bond donors (Lipinski definition) is 1. The van der Waals surface area contributed by atoms with Gasteiger partial charge in [-0.25, -0.2) is 0 Å². The third kappa shape index (κ3) is 3.77. The maximum atomic E-state index is 12.0. The summed E-state index contributed by atoms with van der Waals surface area (Å²) in [6.45, 7) is 6.55. The molecule has 1 N–H and O–H groups in total. The predicted octanol–water partition coefficient (Wildman–Crippen LogP) is 4.14. The molecule has 4 nitrogen and oxygen atoms in total. The van der Waals surface area contributed by atoms with E-state index in [1.165, 1.54) is 5.56 Å². The number of aryl methyl sites for hydroxylation is 2. The van der Waals surface area contributed by atoms with Gasteiger partial charge in [-0.2, -0.15) is 5.10 Å². The molecule has 21 heavy (non-hydrogen) atoms. The number of nitrogens with one attached hydrogen (secondary N) is 1. The molecule has 112 valence electrons. The van der Waals surface area contributed by atoms with Crippen molar-refractivity contribution < 1.29 is 4.79 Å². The van der Waals surface area contributed by atoms with Crippen molar-refractivity contribution >= 4 is 34.8 Å². The molecule has 0 aliphatic heterocycles. The van der Waals surface area contributed by atoms with Crippen molar-refractivity contribution in [2.45, 2.75) is 33.7 Å². The van der Waals surface area contributed by atoms with E-state index >= 15 is 0 Å². The molecule has 1 aromatic carbocycles. The fraction of sp³-hybridized carbons (Fsp3) is 0.333. The average Bonchev–Trinajstić information content (AvgIpc) is 2.68. The highest BCUT2D eigenvalue weighted by Crippen LogP contribution is 2.25. The molecule has 0 fully saturated rings. The van der Waals surface area contributed by atoms with E-state index in [9.17, 15) is 4.79 Å². The average molecular weight is 326 g/mol. The normalized spacial score (nSPS) is 10.7. The largest absolute Gasteiger partial charge is 0.326 e. The summed E-state index contributed by atoms with van der Waals surface area (Å²) in [4.78, 5) is 12.0. The number of rotatable bonds is 4. The molecule has 0 atom stereocenters. The number of carbonyl (C=O) groups is 1. The number of halogens is 2. The summed E-state index contributed by atoms with van der Waals surface area (Å²) in [5.74, 6) is -0.0846. The van der Waals surface area contributed by atoms with Gasteiger partial charge in [-0.1, -0.05) is 23.2 Å². The van der Waals surface area contributed by atoms with Crippen LogP contribution in [0, 0.1) is 20.8 Å². The van der Waals surface area contributed by atoms with E-state index in [0.29, 0.717) is 28.7 Å². The minimum Gasteiger partial charge on any atom is -0.326 e. The Balaban J connectivity index is 1.95. The maximum Gasteiger partial charge on any atom is 0.226 e. The first-order chi connectivity index (χ1) is 9.88. The summed E-state index contributed by atoms with van der Waals surface area (Å²) >= 11 is 11.8. The third-order valence-corrected chi connectivity index (χ3v) is 4.24. The molecule has 0 bridgehead atoms. The number of benzene rings is 1. The van der Waals surface area contributed by atoms with Crippen molar-refractivity contribution in [3.63, 3.8) is 0 Å². The Kier molecular flexibility index (Phi) is 4.91. The molecule has 0 spiro atoms. The van der Waals surface area contributed by atoms with Crippen LogP contribution in [0.25, 0.3) is 0 Å². The first kappa shape index (κ1) is 15.9. The van der Waals surface area contributed by atoms with Gasteiger partial charge in [0.2, 0.25) is 5.91 Å². The van der Waals surface area contributed by atoms with E-state index in [-0.39, 0.29) is 5.91 Å². The molecule has 0 saturated carbocycles. The van der Waals surface area contributed by atoms with Gasteiger partial charge < -0.3 is 5.32 Å². The molecule has 1 heterocycles. The first-order valence-electron chi connectivity index (χ1n) is 6.64. The second-order valence-corrected chi connectivity index (χ2v) is 5.76. The smallest absolute Gasteiger partial charge is 0.226 e. The van der Waals surface area contributed by atoms with Crippen LogP contribution in [0.4, 0.5) is 5.69 Å². The number of aromatic nitrogens is 2. The SMILES string of the molecule is Cc1nn(CCC(=O)Nc2ccc(Cl)c(Cl)c2)c(C)c1C. The van der Waals surface area contributed by atoms with Crippen LogP contribution in [0.3, 0.4) is 0 Å². The molecule has 1 amide bonds. The van der Waals surface area contributed by atoms with Crippen molar-refractivity contribution in [3.05, 3.63) is 45.2 Å². The Morgan fingerprint density at radius 3 is 2.52 bits per heavy atom. The number of anilines is 1.